The first-order chi connectivity index (χ1) is 7.66. The molecule has 3 nitrogen and oxygen atoms in total. The number of carbonyl (C=O) groups is 1. The van der Waals surface area contributed by atoms with Crippen LogP contribution in [0.2, 0.25) is 0 Å². The Balaban J connectivity index is 1.66. The van der Waals surface area contributed by atoms with Gasteiger partial charge in [0.15, 0.2) is 0 Å². The van der Waals surface area contributed by atoms with Crippen LogP contribution in [0.5, 0.6) is 0 Å². The number of hydrogen-bond donors (Lipinski definition) is 1. The third-order valence-corrected chi connectivity index (χ3v) is 5.14. The number of fused-ring (bicyclic) bond motifs is 5. The highest BCUT2D eigenvalue weighted by molar-refractivity contribution is 5.73. The third kappa shape index (κ3) is 1.44. The highest BCUT2D eigenvalue weighted by atomic mass is 16.2. The second-order valence-corrected chi connectivity index (χ2v) is 6.10. The van der Waals surface area contributed by atoms with Gasteiger partial charge in [0.05, 0.1) is 0 Å². The van der Waals surface area contributed by atoms with Crippen LogP contribution >= 0.6 is 0 Å². The standard InChI is InChI=1S/C13H22N2O/c1-15(2)13(16)14-12-7-8-6-11(12)10-5-3-4-9(8)10/h8-12H,3-7H2,1-2H3,(H,14,16)/t8-,9?,10?,11-,12+/m0/s1. The summed E-state index contributed by atoms with van der Waals surface area (Å²) >= 11 is 0. The Morgan fingerprint density at radius 3 is 2.62 bits per heavy atom. The van der Waals surface area contributed by atoms with Gasteiger partial charge in [-0.2, -0.15) is 0 Å². The molecule has 1 N–H and O–H groups in total. The quantitative estimate of drug-likeness (QED) is 0.724. The van der Waals surface area contributed by atoms with Gasteiger partial charge in [0.25, 0.3) is 0 Å². The number of urea groups is 1. The number of nitrogens with zero attached hydrogens (tertiary/aromatic N) is 1. The van der Waals surface area contributed by atoms with E-state index in [4.69, 9.17) is 0 Å². The van der Waals surface area contributed by atoms with Gasteiger partial charge in [-0.05, 0) is 49.4 Å². The van der Waals surface area contributed by atoms with Crippen molar-refractivity contribution in [2.24, 2.45) is 23.7 Å². The van der Waals surface area contributed by atoms with E-state index in [9.17, 15) is 4.79 Å². The maximum atomic E-state index is 11.7. The van der Waals surface area contributed by atoms with Crippen molar-refractivity contribution in [3.05, 3.63) is 0 Å². The van der Waals surface area contributed by atoms with Crippen molar-refractivity contribution in [3.8, 4) is 0 Å². The summed E-state index contributed by atoms with van der Waals surface area (Å²) in [4.78, 5) is 13.3. The van der Waals surface area contributed by atoms with E-state index < -0.39 is 0 Å². The molecule has 0 aromatic carbocycles. The average molecular weight is 222 g/mol. The topological polar surface area (TPSA) is 32.3 Å². The van der Waals surface area contributed by atoms with E-state index in [0.717, 1.165) is 23.7 Å². The van der Waals surface area contributed by atoms with Gasteiger partial charge in [0.2, 0.25) is 0 Å². The lowest BCUT2D eigenvalue weighted by atomic mass is 9.79. The summed E-state index contributed by atoms with van der Waals surface area (Å²) in [6.45, 7) is 0. The minimum Gasteiger partial charge on any atom is -0.335 e. The number of nitrogens with one attached hydrogen (secondary N) is 1. The Kier molecular flexibility index (Phi) is 2.37. The number of amides is 2. The summed E-state index contributed by atoms with van der Waals surface area (Å²) in [5, 5.41) is 3.21. The van der Waals surface area contributed by atoms with Crippen molar-refractivity contribution in [2.45, 2.75) is 38.1 Å². The van der Waals surface area contributed by atoms with Crippen LogP contribution in [-0.4, -0.2) is 31.1 Å². The summed E-state index contributed by atoms with van der Waals surface area (Å²) in [6, 6.07) is 0.561. The molecule has 0 aliphatic heterocycles. The van der Waals surface area contributed by atoms with E-state index in [1.807, 2.05) is 14.1 Å². The van der Waals surface area contributed by atoms with Crippen LogP contribution in [0.4, 0.5) is 4.79 Å². The maximum absolute atomic E-state index is 11.7. The monoisotopic (exact) mass is 222 g/mol. The van der Waals surface area contributed by atoms with E-state index >= 15 is 0 Å². The first kappa shape index (κ1) is 10.4. The molecule has 0 saturated heterocycles. The van der Waals surface area contributed by atoms with E-state index in [1.165, 1.54) is 32.1 Å². The summed E-state index contributed by atoms with van der Waals surface area (Å²) in [6.07, 6.45) is 6.93. The summed E-state index contributed by atoms with van der Waals surface area (Å²) in [7, 11) is 3.64. The zero-order valence-corrected chi connectivity index (χ0v) is 10.3. The zero-order valence-electron chi connectivity index (χ0n) is 10.3. The predicted molar refractivity (Wildman–Crippen MR) is 63.1 cm³/mol. The predicted octanol–water partition coefficient (Wildman–Crippen LogP) is 2.08. The molecule has 3 rings (SSSR count). The zero-order chi connectivity index (χ0) is 11.3. The molecule has 0 radical (unpaired) electrons. The lowest BCUT2D eigenvalue weighted by Gasteiger charge is -2.32. The summed E-state index contributed by atoms with van der Waals surface area (Å²) in [5.74, 6) is 3.66. The number of rotatable bonds is 1. The van der Waals surface area contributed by atoms with Crippen LogP contribution in [0.3, 0.4) is 0 Å². The Bertz CT molecular complexity index is 302. The number of carbonyl (C=O) groups excluding carboxylic acids is 1. The largest absolute Gasteiger partial charge is 0.335 e. The Hall–Kier alpha value is -0.730. The molecule has 0 heterocycles. The minimum atomic E-state index is 0.0899. The second-order valence-electron chi connectivity index (χ2n) is 6.10. The number of hydrogen-bond acceptors (Lipinski definition) is 1. The van der Waals surface area contributed by atoms with Gasteiger partial charge in [0.1, 0.15) is 0 Å². The van der Waals surface area contributed by atoms with Crippen molar-refractivity contribution < 1.29 is 4.79 Å². The SMILES string of the molecule is CN(C)C(=O)N[C@@H]1C[C@@H]2C[C@H]1C1CCCC12. The molecular weight excluding hydrogens is 200 g/mol. The Labute approximate surface area is 97.6 Å². The van der Waals surface area contributed by atoms with Gasteiger partial charge in [0, 0.05) is 20.1 Å². The molecule has 3 saturated carbocycles. The van der Waals surface area contributed by atoms with E-state index in [0.29, 0.717) is 6.04 Å². The molecule has 2 amide bonds. The van der Waals surface area contributed by atoms with Gasteiger partial charge in [-0.1, -0.05) is 6.42 Å². The van der Waals surface area contributed by atoms with E-state index in [2.05, 4.69) is 5.32 Å². The van der Waals surface area contributed by atoms with Crippen LogP contribution in [-0.2, 0) is 0 Å². The highest BCUT2D eigenvalue weighted by Gasteiger charge is 2.54. The second kappa shape index (κ2) is 3.64. The molecule has 2 unspecified atom stereocenters. The van der Waals surface area contributed by atoms with Gasteiger partial charge in [-0.15, -0.1) is 0 Å². The Morgan fingerprint density at radius 1 is 1.12 bits per heavy atom. The normalized spacial score (nSPS) is 44.5. The molecule has 16 heavy (non-hydrogen) atoms. The molecule has 3 aliphatic rings. The molecule has 0 aromatic heterocycles. The summed E-state index contributed by atoms with van der Waals surface area (Å²) < 4.78 is 0. The highest BCUT2D eigenvalue weighted by Crippen LogP contribution is 2.58. The lowest BCUT2D eigenvalue weighted by molar-refractivity contribution is 0.184. The molecule has 0 spiro atoms. The van der Waals surface area contributed by atoms with E-state index in [-0.39, 0.29) is 6.03 Å². The van der Waals surface area contributed by atoms with Crippen LogP contribution in [0.25, 0.3) is 0 Å². The first-order valence-electron chi connectivity index (χ1n) is 6.64. The molecule has 3 aliphatic carbocycles. The minimum absolute atomic E-state index is 0.0899. The first-order valence-corrected chi connectivity index (χ1v) is 6.64. The molecule has 2 bridgehead atoms. The molecule has 90 valence electrons. The van der Waals surface area contributed by atoms with Gasteiger partial charge < -0.3 is 10.2 Å². The maximum Gasteiger partial charge on any atom is 0.317 e. The molecule has 3 heteroatoms. The summed E-state index contributed by atoms with van der Waals surface area (Å²) in [5.41, 5.74) is 0. The average Bonchev–Trinajstić information content (AvgIpc) is 2.87. The Morgan fingerprint density at radius 2 is 1.88 bits per heavy atom. The fourth-order valence-corrected chi connectivity index (χ4v) is 4.52. The van der Waals surface area contributed by atoms with Crippen molar-refractivity contribution in [1.82, 2.24) is 10.2 Å². The third-order valence-electron chi connectivity index (χ3n) is 5.14. The van der Waals surface area contributed by atoms with Crippen molar-refractivity contribution in [2.75, 3.05) is 14.1 Å². The van der Waals surface area contributed by atoms with Gasteiger partial charge in [-0.3, -0.25) is 0 Å². The fraction of sp³-hybridized carbons (Fsp3) is 0.923. The van der Waals surface area contributed by atoms with Crippen LogP contribution in [0.15, 0.2) is 0 Å². The molecule has 0 aromatic rings. The van der Waals surface area contributed by atoms with Crippen molar-refractivity contribution in [1.29, 1.82) is 0 Å². The van der Waals surface area contributed by atoms with Crippen molar-refractivity contribution in [3.63, 3.8) is 0 Å². The van der Waals surface area contributed by atoms with Crippen LogP contribution in [0, 0.1) is 23.7 Å². The van der Waals surface area contributed by atoms with Crippen molar-refractivity contribution >= 4 is 6.03 Å². The van der Waals surface area contributed by atoms with E-state index in [1.54, 1.807) is 4.90 Å². The molecular formula is C13H22N2O. The van der Waals surface area contributed by atoms with Gasteiger partial charge in [-0.25, -0.2) is 4.79 Å². The fourth-order valence-electron chi connectivity index (χ4n) is 4.52. The molecule has 3 fully saturated rings. The van der Waals surface area contributed by atoms with Crippen LogP contribution in [0.1, 0.15) is 32.1 Å². The smallest absolute Gasteiger partial charge is 0.317 e. The van der Waals surface area contributed by atoms with Crippen LogP contribution < -0.4 is 5.32 Å². The lowest BCUT2D eigenvalue weighted by Crippen LogP contribution is -2.46. The van der Waals surface area contributed by atoms with Gasteiger partial charge >= 0.3 is 6.03 Å². The molecule has 5 atom stereocenters.